The van der Waals surface area contributed by atoms with Gasteiger partial charge in [0, 0.05) is 30.9 Å². The summed E-state index contributed by atoms with van der Waals surface area (Å²) in [4.78, 5) is 15.2. The summed E-state index contributed by atoms with van der Waals surface area (Å²) < 4.78 is 7.14. The zero-order valence-electron chi connectivity index (χ0n) is 17.2. The van der Waals surface area contributed by atoms with Crippen molar-refractivity contribution >= 4 is 18.3 Å². The molecule has 4 rings (SSSR count). The summed E-state index contributed by atoms with van der Waals surface area (Å²) in [5, 5.41) is 4.78. The van der Waals surface area contributed by atoms with Crippen molar-refractivity contribution in [3.05, 3.63) is 65.9 Å². The molecule has 1 aliphatic rings. The van der Waals surface area contributed by atoms with E-state index in [0.717, 1.165) is 29.8 Å². The second-order valence-electron chi connectivity index (χ2n) is 7.53. The van der Waals surface area contributed by atoms with Crippen molar-refractivity contribution in [3.8, 4) is 22.7 Å². The third kappa shape index (κ3) is 4.50. The van der Waals surface area contributed by atoms with Crippen molar-refractivity contribution in [2.45, 2.75) is 25.8 Å². The van der Waals surface area contributed by atoms with Crippen LogP contribution in [-0.4, -0.2) is 46.8 Å². The van der Waals surface area contributed by atoms with Gasteiger partial charge >= 0.3 is 0 Å². The largest absolute Gasteiger partial charge is 0.497 e. The SMILES string of the molecule is COc1cccc(-c2nn(-c3ccc(C)cc3)cc2C(=O)N2CCC(N)CC2)c1.Cl. The third-order valence-corrected chi connectivity index (χ3v) is 5.41. The maximum atomic E-state index is 13.4. The van der Waals surface area contributed by atoms with Crippen LogP contribution >= 0.6 is 12.4 Å². The summed E-state index contributed by atoms with van der Waals surface area (Å²) in [6.07, 6.45) is 3.48. The number of aryl methyl sites for hydroxylation is 1. The smallest absolute Gasteiger partial charge is 0.257 e. The molecule has 1 saturated heterocycles. The molecule has 0 saturated carbocycles. The second-order valence-corrected chi connectivity index (χ2v) is 7.53. The molecule has 7 heteroatoms. The number of carbonyl (C=O) groups is 1. The van der Waals surface area contributed by atoms with E-state index in [1.54, 1.807) is 11.8 Å². The number of hydrogen-bond donors (Lipinski definition) is 1. The maximum absolute atomic E-state index is 13.4. The van der Waals surface area contributed by atoms with Gasteiger partial charge in [-0.15, -0.1) is 12.4 Å². The van der Waals surface area contributed by atoms with Gasteiger partial charge in [0.05, 0.1) is 18.4 Å². The van der Waals surface area contributed by atoms with E-state index in [1.165, 1.54) is 5.56 Å². The molecule has 3 aromatic rings. The molecule has 0 spiro atoms. The highest BCUT2D eigenvalue weighted by atomic mass is 35.5. The van der Waals surface area contributed by atoms with E-state index < -0.39 is 0 Å². The van der Waals surface area contributed by atoms with Gasteiger partial charge in [-0.1, -0.05) is 29.8 Å². The lowest BCUT2D eigenvalue weighted by atomic mass is 10.0. The van der Waals surface area contributed by atoms with Gasteiger partial charge in [0.25, 0.3) is 5.91 Å². The Bertz CT molecular complexity index is 1010. The summed E-state index contributed by atoms with van der Waals surface area (Å²) >= 11 is 0. The number of aromatic nitrogens is 2. The zero-order chi connectivity index (χ0) is 20.4. The highest BCUT2D eigenvalue weighted by Crippen LogP contribution is 2.28. The van der Waals surface area contributed by atoms with E-state index in [2.05, 4.69) is 0 Å². The number of piperidine rings is 1. The van der Waals surface area contributed by atoms with Crippen molar-refractivity contribution < 1.29 is 9.53 Å². The number of hydrogen-bond acceptors (Lipinski definition) is 4. The minimum atomic E-state index is -0.00641. The number of carbonyl (C=O) groups excluding carboxylic acids is 1. The van der Waals surface area contributed by atoms with Crippen LogP contribution in [0.2, 0.25) is 0 Å². The average Bonchev–Trinajstić information content (AvgIpc) is 3.20. The van der Waals surface area contributed by atoms with Crippen LogP contribution in [0.25, 0.3) is 16.9 Å². The first-order valence-electron chi connectivity index (χ1n) is 9.91. The number of ether oxygens (including phenoxy) is 1. The molecular formula is C23H27ClN4O2. The number of nitrogens with two attached hydrogens (primary N) is 1. The Morgan fingerprint density at radius 1 is 1.13 bits per heavy atom. The number of methoxy groups -OCH3 is 1. The molecule has 0 atom stereocenters. The summed E-state index contributed by atoms with van der Waals surface area (Å²) in [6.45, 7) is 3.39. The molecule has 2 heterocycles. The number of likely N-dealkylation sites (tertiary alicyclic amines) is 1. The highest BCUT2D eigenvalue weighted by molar-refractivity contribution is 6.00. The van der Waals surface area contributed by atoms with Crippen LogP contribution in [0.4, 0.5) is 0 Å². The Balaban J connectivity index is 0.00000256. The average molecular weight is 427 g/mol. The fourth-order valence-electron chi connectivity index (χ4n) is 3.62. The minimum Gasteiger partial charge on any atom is -0.497 e. The monoisotopic (exact) mass is 426 g/mol. The molecule has 1 amide bonds. The van der Waals surface area contributed by atoms with E-state index in [-0.39, 0.29) is 24.4 Å². The Morgan fingerprint density at radius 2 is 1.83 bits per heavy atom. The molecule has 2 aromatic carbocycles. The van der Waals surface area contributed by atoms with E-state index in [0.29, 0.717) is 24.3 Å². The normalized spacial score (nSPS) is 14.3. The fourth-order valence-corrected chi connectivity index (χ4v) is 3.62. The summed E-state index contributed by atoms with van der Waals surface area (Å²) in [5.74, 6) is 0.725. The summed E-state index contributed by atoms with van der Waals surface area (Å²) in [6, 6.07) is 15.9. The molecule has 1 aromatic heterocycles. The van der Waals surface area contributed by atoms with Gasteiger partial charge in [0.2, 0.25) is 0 Å². The van der Waals surface area contributed by atoms with Crippen molar-refractivity contribution in [1.29, 1.82) is 0 Å². The quantitative estimate of drug-likeness (QED) is 0.687. The molecule has 30 heavy (non-hydrogen) atoms. The summed E-state index contributed by atoms with van der Waals surface area (Å²) in [5.41, 5.74) is 10.2. The van der Waals surface area contributed by atoms with E-state index in [1.807, 2.05) is 66.6 Å². The number of nitrogens with zero attached hydrogens (tertiary/aromatic N) is 3. The van der Waals surface area contributed by atoms with Crippen LogP contribution in [0.3, 0.4) is 0 Å². The second kappa shape index (κ2) is 9.32. The van der Waals surface area contributed by atoms with Crippen LogP contribution in [0.15, 0.2) is 54.7 Å². The van der Waals surface area contributed by atoms with Crippen molar-refractivity contribution in [1.82, 2.24) is 14.7 Å². The Labute approximate surface area is 183 Å². The third-order valence-electron chi connectivity index (χ3n) is 5.41. The van der Waals surface area contributed by atoms with Gasteiger partial charge in [0.1, 0.15) is 11.4 Å². The first-order chi connectivity index (χ1) is 14.0. The Hall–Kier alpha value is -2.83. The number of amides is 1. The van der Waals surface area contributed by atoms with E-state index in [9.17, 15) is 4.79 Å². The Kier molecular flexibility index (Phi) is 6.80. The van der Waals surface area contributed by atoms with Gasteiger partial charge in [-0.25, -0.2) is 4.68 Å². The molecule has 1 aliphatic heterocycles. The predicted molar refractivity (Wildman–Crippen MR) is 121 cm³/mol. The van der Waals surface area contributed by atoms with E-state index >= 15 is 0 Å². The van der Waals surface area contributed by atoms with Crippen LogP contribution < -0.4 is 10.5 Å². The number of benzene rings is 2. The van der Waals surface area contributed by atoms with Crippen LogP contribution in [-0.2, 0) is 0 Å². The molecule has 2 N–H and O–H groups in total. The van der Waals surface area contributed by atoms with Crippen LogP contribution in [0.5, 0.6) is 5.75 Å². The van der Waals surface area contributed by atoms with E-state index in [4.69, 9.17) is 15.6 Å². The Morgan fingerprint density at radius 3 is 2.50 bits per heavy atom. The van der Waals surface area contributed by atoms with Gasteiger partial charge in [-0.05, 0) is 44.0 Å². The molecule has 0 radical (unpaired) electrons. The lowest BCUT2D eigenvalue weighted by Gasteiger charge is -2.30. The van der Waals surface area contributed by atoms with Crippen molar-refractivity contribution in [2.24, 2.45) is 5.73 Å². The zero-order valence-corrected chi connectivity index (χ0v) is 18.1. The molecule has 0 bridgehead atoms. The lowest BCUT2D eigenvalue weighted by Crippen LogP contribution is -2.42. The molecule has 0 unspecified atom stereocenters. The van der Waals surface area contributed by atoms with Gasteiger partial charge in [-0.2, -0.15) is 5.10 Å². The summed E-state index contributed by atoms with van der Waals surface area (Å²) in [7, 11) is 1.63. The maximum Gasteiger partial charge on any atom is 0.257 e. The fraction of sp³-hybridized carbons (Fsp3) is 0.304. The predicted octanol–water partition coefficient (Wildman–Crippen LogP) is 3.84. The van der Waals surface area contributed by atoms with Gasteiger partial charge in [0.15, 0.2) is 0 Å². The molecule has 158 valence electrons. The van der Waals surface area contributed by atoms with Crippen molar-refractivity contribution in [3.63, 3.8) is 0 Å². The first-order valence-corrected chi connectivity index (χ1v) is 9.91. The molecule has 1 fully saturated rings. The standard InChI is InChI=1S/C23H26N4O2.ClH/c1-16-6-8-19(9-7-16)27-15-21(23(28)26-12-10-18(24)11-13-26)22(25-27)17-4-3-5-20(14-17)29-2;/h3-9,14-15,18H,10-13,24H2,1-2H3;1H. The number of rotatable bonds is 4. The lowest BCUT2D eigenvalue weighted by molar-refractivity contribution is 0.0715. The first kappa shape index (κ1) is 21.9. The van der Waals surface area contributed by atoms with Gasteiger partial charge < -0.3 is 15.4 Å². The number of halogens is 1. The van der Waals surface area contributed by atoms with Crippen molar-refractivity contribution in [2.75, 3.05) is 20.2 Å². The molecule has 6 nitrogen and oxygen atoms in total. The minimum absolute atomic E-state index is 0. The van der Waals surface area contributed by atoms with Gasteiger partial charge in [-0.3, -0.25) is 4.79 Å². The molecular weight excluding hydrogens is 400 g/mol. The topological polar surface area (TPSA) is 73.4 Å². The van der Waals surface area contributed by atoms with Crippen LogP contribution in [0, 0.1) is 6.92 Å². The van der Waals surface area contributed by atoms with Crippen LogP contribution in [0.1, 0.15) is 28.8 Å². The highest BCUT2D eigenvalue weighted by Gasteiger charge is 2.26. The molecule has 0 aliphatic carbocycles.